The Labute approximate surface area is 346 Å². The van der Waals surface area contributed by atoms with Gasteiger partial charge in [0.05, 0.1) is 0 Å². The van der Waals surface area contributed by atoms with Gasteiger partial charge in [-0.1, -0.05) is 233 Å². The molecule has 0 nitrogen and oxygen atoms in total. The van der Waals surface area contributed by atoms with Gasteiger partial charge < -0.3 is 0 Å². The van der Waals surface area contributed by atoms with Crippen LogP contribution in [0.25, 0.3) is 0 Å². The van der Waals surface area contributed by atoms with Crippen molar-refractivity contribution < 1.29 is 0 Å². The van der Waals surface area contributed by atoms with Gasteiger partial charge in [0.2, 0.25) is 0 Å². The monoisotopic (exact) mass is 930 g/mol. The lowest BCUT2D eigenvalue weighted by atomic mass is 10.1. The van der Waals surface area contributed by atoms with Gasteiger partial charge in [-0.3, -0.25) is 0 Å². The molecular formula is C42H96Br3P3. The zero-order valence-electron chi connectivity index (χ0n) is 33.5. The van der Waals surface area contributed by atoms with E-state index in [-0.39, 0.29) is 50.9 Å². The van der Waals surface area contributed by atoms with E-state index < -0.39 is 0 Å². The maximum absolute atomic E-state index is 2.81. The number of hydrogen-bond donors (Lipinski definition) is 0. The highest BCUT2D eigenvalue weighted by Crippen LogP contribution is 2.14. The van der Waals surface area contributed by atoms with Crippen LogP contribution >= 0.6 is 78.7 Å². The summed E-state index contributed by atoms with van der Waals surface area (Å²) in [6.45, 7) is 6.86. The fourth-order valence-corrected chi connectivity index (χ4v) is 6.82. The van der Waals surface area contributed by atoms with Crippen molar-refractivity contribution in [2.75, 3.05) is 18.5 Å². The van der Waals surface area contributed by atoms with Crippen LogP contribution in [0.4, 0.5) is 0 Å². The van der Waals surface area contributed by atoms with Crippen molar-refractivity contribution in [2.24, 2.45) is 0 Å². The predicted molar refractivity (Wildman–Crippen MR) is 258 cm³/mol. The summed E-state index contributed by atoms with van der Waals surface area (Å²) in [6, 6.07) is 0. The first kappa shape index (κ1) is 62.7. The molecule has 48 heavy (non-hydrogen) atoms. The average Bonchev–Trinajstić information content (AvgIpc) is 3.06. The van der Waals surface area contributed by atoms with Crippen molar-refractivity contribution in [1.82, 2.24) is 0 Å². The van der Waals surface area contributed by atoms with Crippen molar-refractivity contribution in [3.05, 3.63) is 0 Å². The third-order valence-electron chi connectivity index (χ3n) is 9.17. The lowest BCUT2D eigenvalue weighted by Crippen LogP contribution is -1.82. The number of unbranched alkanes of at least 4 members (excludes halogenated alkanes) is 33. The fourth-order valence-electron chi connectivity index (χ4n) is 5.96. The molecule has 0 aromatic carbocycles. The molecule has 0 rings (SSSR count). The highest BCUT2D eigenvalue weighted by atomic mass is 79.9. The van der Waals surface area contributed by atoms with Crippen molar-refractivity contribution >= 4 is 78.7 Å². The molecule has 0 amide bonds. The van der Waals surface area contributed by atoms with Crippen molar-refractivity contribution in [3.63, 3.8) is 0 Å². The van der Waals surface area contributed by atoms with Crippen LogP contribution in [0, 0.1) is 0 Å². The van der Waals surface area contributed by atoms with Crippen LogP contribution < -0.4 is 0 Å². The summed E-state index contributed by atoms with van der Waals surface area (Å²) in [5.41, 5.74) is 0. The van der Waals surface area contributed by atoms with Crippen LogP contribution in [0.3, 0.4) is 0 Å². The molecule has 0 saturated heterocycles. The molecule has 0 radical (unpaired) electrons. The Hall–Kier alpha value is 2.73. The molecule has 0 heterocycles. The van der Waals surface area contributed by atoms with Gasteiger partial charge in [-0.25, -0.2) is 0 Å². The normalized spacial score (nSPS) is 10.1. The van der Waals surface area contributed by atoms with Gasteiger partial charge in [-0.2, -0.15) is 0 Å². The van der Waals surface area contributed by atoms with Gasteiger partial charge in [0, 0.05) is 0 Å². The van der Waals surface area contributed by atoms with Gasteiger partial charge in [0.15, 0.2) is 0 Å². The third-order valence-corrected chi connectivity index (χ3v) is 10.4. The van der Waals surface area contributed by atoms with Crippen molar-refractivity contribution in [1.29, 1.82) is 0 Å². The molecule has 0 bridgehead atoms. The lowest BCUT2D eigenvalue weighted by Gasteiger charge is -2.01. The van der Waals surface area contributed by atoms with E-state index in [1.165, 1.54) is 250 Å². The third kappa shape index (κ3) is 74.0. The SMILES string of the molecule is Br.Br.Br.CCCCCCCCCCCCCCP.CCCCCCCCCCCCCCP.CCCCCCCCCCCCCCP. The Morgan fingerprint density at radius 1 is 0.188 bits per heavy atom. The topological polar surface area (TPSA) is 0 Å². The molecule has 0 aliphatic rings. The number of halogens is 3. The standard InChI is InChI=1S/3C14H31P.3BrH/c3*1-2-3-4-5-6-7-8-9-10-11-12-13-14-15;;;/h3*2-15H2,1H3;3*1H. The molecule has 3 unspecified atom stereocenters. The Kier molecular flexibility index (Phi) is 88.6. The number of hydrogen-bond acceptors (Lipinski definition) is 0. The van der Waals surface area contributed by atoms with Crippen LogP contribution in [0.1, 0.15) is 252 Å². The van der Waals surface area contributed by atoms with E-state index in [9.17, 15) is 0 Å². The zero-order chi connectivity index (χ0) is 33.6. The summed E-state index contributed by atoms with van der Waals surface area (Å²) in [4.78, 5) is 0. The molecule has 0 aromatic rings. The van der Waals surface area contributed by atoms with Gasteiger partial charge in [0.25, 0.3) is 0 Å². The van der Waals surface area contributed by atoms with E-state index in [2.05, 4.69) is 48.5 Å². The van der Waals surface area contributed by atoms with E-state index >= 15 is 0 Å². The van der Waals surface area contributed by atoms with E-state index in [0.717, 1.165) is 0 Å². The molecule has 300 valence electrons. The smallest absolute Gasteiger partial charge is 0.0381 e. The van der Waals surface area contributed by atoms with Crippen molar-refractivity contribution in [2.45, 2.75) is 252 Å². The Morgan fingerprint density at radius 3 is 0.396 bits per heavy atom. The molecule has 0 aliphatic carbocycles. The van der Waals surface area contributed by atoms with Crippen LogP contribution in [-0.4, -0.2) is 18.5 Å². The zero-order valence-corrected chi connectivity index (χ0v) is 42.1. The minimum Gasteiger partial charge on any atom is -0.138 e. The summed E-state index contributed by atoms with van der Waals surface area (Å²) < 4.78 is 0. The maximum Gasteiger partial charge on any atom is -0.0381 e. The predicted octanol–water partition coefficient (Wildman–Crippen LogP) is 18.4. The summed E-state index contributed by atoms with van der Waals surface area (Å²) in [5, 5.41) is 0. The minimum absolute atomic E-state index is 0. The minimum atomic E-state index is 0. The highest BCUT2D eigenvalue weighted by Gasteiger charge is 1.94. The number of rotatable bonds is 36. The first-order chi connectivity index (χ1) is 22.2. The largest absolute Gasteiger partial charge is 0.138 e. The molecular weight excluding hydrogens is 837 g/mol. The molecule has 0 saturated carbocycles. The van der Waals surface area contributed by atoms with E-state index in [0.29, 0.717) is 0 Å². The Morgan fingerprint density at radius 2 is 0.292 bits per heavy atom. The van der Waals surface area contributed by atoms with Crippen molar-refractivity contribution in [3.8, 4) is 0 Å². The maximum atomic E-state index is 2.81. The molecule has 0 aromatic heterocycles. The van der Waals surface area contributed by atoms with E-state index in [1.54, 1.807) is 0 Å². The van der Waals surface area contributed by atoms with Gasteiger partial charge >= 0.3 is 0 Å². The molecule has 0 fully saturated rings. The fraction of sp³-hybridized carbons (Fsp3) is 1.00. The quantitative estimate of drug-likeness (QED) is 0.0434. The summed E-state index contributed by atoms with van der Waals surface area (Å²) in [7, 11) is 8.44. The first-order valence-electron chi connectivity index (χ1n) is 21.3. The molecule has 0 N–H and O–H groups in total. The molecule has 3 atom stereocenters. The second-order valence-corrected chi connectivity index (χ2v) is 15.8. The molecule has 6 heteroatoms. The van der Waals surface area contributed by atoms with E-state index in [4.69, 9.17) is 0 Å². The van der Waals surface area contributed by atoms with Crippen LogP contribution in [0.2, 0.25) is 0 Å². The Balaban J connectivity index is -0.000000134. The van der Waals surface area contributed by atoms with Crippen LogP contribution in [0.15, 0.2) is 0 Å². The van der Waals surface area contributed by atoms with Gasteiger partial charge in [-0.15, -0.1) is 78.7 Å². The van der Waals surface area contributed by atoms with Gasteiger partial charge in [0.1, 0.15) is 0 Å². The second kappa shape index (κ2) is 67.8. The second-order valence-electron chi connectivity index (χ2n) is 14.0. The lowest BCUT2D eigenvalue weighted by molar-refractivity contribution is 0.548. The summed E-state index contributed by atoms with van der Waals surface area (Å²) in [6.07, 6.45) is 56.2. The summed E-state index contributed by atoms with van der Waals surface area (Å²) in [5.74, 6) is 0. The Bertz CT molecular complexity index is 347. The average molecular weight is 934 g/mol. The van der Waals surface area contributed by atoms with Gasteiger partial charge in [-0.05, 0) is 37.7 Å². The van der Waals surface area contributed by atoms with Crippen LogP contribution in [-0.2, 0) is 0 Å². The molecule has 0 spiro atoms. The van der Waals surface area contributed by atoms with E-state index in [1.807, 2.05) is 0 Å². The highest BCUT2D eigenvalue weighted by molar-refractivity contribution is 8.93. The molecule has 0 aliphatic heterocycles. The summed E-state index contributed by atoms with van der Waals surface area (Å²) >= 11 is 0. The first-order valence-corrected chi connectivity index (χ1v) is 23.8. The van der Waals surface area contributed by atoms with Crippen LogP contribution in [0.5, 0.6) is 0 Å².